The van der Waals surface area contributed by atoms with E-state index in [2.05, 4.69) is 5.32 Å². The van der Waals surface area contributed by atoms with Gasteiger partial charge in [-0.05, 0) is 62.4 Å². The van der Waals surface area contributed by atoms with Crippen molar-refractivity contribution >= 4 is 23.4 Å². The maximum atomic E-state index is 13.3. The maximum Gasteiger partial charge on any atom is 0.243 e. The third kappa shape index (κ3) is 8.05. The molecule has 1 fully saturated rings. The van der Waals surface area contributed by atoms with E-state index in [1.807, 2.05) is 50.2 Å². The van der Waals surface area contributed by atoms with Crippen LogP contribution < -0.4 is 10.1 Å². The van der Waals surface area contributed by atoms with Crippen LogP contribution in [0.2, 0.25) is 5.02 Å². The van der Waals surface area contributed by atoms with Crippen molar-refractivity contribution < 1.29 is 14.3 Å². The highest BCUT2D eigenvalue weighted by atomic mass is 35.5. The highest BCUT2D eigenvalue weighted by Crippen LogP contribution is 2.20. The van der Waals surface area contributed by atoms with Crippen molar-refractivity contribution in [3.63, 3.8) is 0 Å². The van der Waals surface area contributed by atoms with E-state index in [4.69, 9.17) is 16.3 Å². The van der Waals surface area contributed by atoms with Crippen LogP contribution in [0.3, 0.4) is 0 Å². The molecule has 1 aliphatic rings. The molecule has 6 heteroatoms. The lowest BCUT2D eigenvalue weighted by molar-refractivity contribution is -0.142. The second-order valence-electron chi connectivity index (χ2n) is 9.18. The molecule has 2 aromatic carbocycles. The predicted molar refractivity (Wildman–Crippen MR) is 137 cm³/mol. The van der Waals surface area contributed by atoms with E-state index in [1.165, 1.54) is 12.0 Å². The summed E-state index contributed by atoms with van der Waals surface area (Å²) in [7, 11) is 0. The molecule has 2 aromatic rings. The molecule has 0 radical (unpaired) electrons. The van der Waals surface area contributed by atoms with Gasteiger partial charge in [-0.3, -0.25) is 9.59 Å². The second kappa shape index (κ2) is 13.4. The average molecular weight is 485 g/mol. The second-order valence-corrected chi connectivity index (χ2v) is 9.62. The predicted octanol–water partition coefficient (Wildman–Crippen LogP) is 6.06. The summed E-state index contributed by atoms with van der Waals surface area (Å²) in [4.78, 5) is 28.3. The fourth-order valence-corrected chi connectivity index (χ4v) is 4.57. The largest absolute Gasteiger partial charge is 0.494 e. The van der Waals surface area contributed by atoms with Crippen molar-refractivity contribution in [2.45, 2.75) is 83.8 Å². The van der Waals surface area contributed by atoms with Crippen LogP contribution >= 0.6 is 11.6 Å². The molecule has 0 aromatic heterocycles. The summed E-state index contributed by atoms with van der Waals surface area (Å²) in [6.45, 7) is 4.87. The van der Waals surface area contributed by atoms with Crippen molar-refractivity contribution in [3.8, 4) is 5.75 Å². The van der Waals surface area contributed by atoms with Gasteiger partial charge in [0, 0.05) is 24.0 Å². The van der Waals surface area contributed by atoms with Crippen molar-refractivity contribution in [2.75, 3.05) is 6.61 Å². The van der Waals surface area contributed by atoms with Gasteiger partial charge >= 0.3 is 0 Å². The normalized spacial score (nSPS) is 14.9. The molecule has 1 aliphatic carbocycles. The number of nitrogens with one attached hydrogen (secondary N) is 1. The van der Waals surface area contributed by atoms with Gasteiger partial charge in [0.25, 0.3) is 0 Å². The van der Waals surface area contributed by atoms with Crippen molar-refractivity contribution in [2.24, 2.45) is 0 Å². The van der Waals surface area contributed by atoms with Crippen LogP contribution in [0.15, 0.2) is 48.5 Å². The highest BCUT2D eigenvalue weighted by Gasteiger charge is 2.30. The number of halogens is 1. The number of hydrogen-bond acceptors (Lipinski definition) is 3. The number of carbonyl (C=O) groups is 2. The van der Waals surface area contributed by atoms with Crippen LogP contribution in [0.25, 0.3) is 0 Å². The van der Waals surface area contributed by atoms with E-state index in [0.29, 0.717) is 37.4 Å². The SMILES string of the molecule is CCC(C(=O)NC1CCCCC1)N(Cc1ccc(C)cc1)C(=O)CCCOc1ccc(Cl)cc1. The van der Waals surface area contributed by atoms with Gasteiger partial charge in [-0.1, -0.05) is 67.6 Å². The lowest BCUT2D eigenvalue weighted by atomic mass is 9.95. The third-order valence-electron chi connectivity index (χ3n) is 6.43. The summed E-state index contributed by atoms with van der Waals surface area (Å²) >= 11 is 5.92. The third-order valence-corrected chi connectivity index (χ3v) is 6.68. The Morgan fingerprint density at radius 3 is 2.38 bits per heavy atom. The van der Waals surface area contributed by atoms with Crippen LogP contribution in [0.4, 0.5) is 0 Å². The number of benzene rings is 2. The van der Waals surface area contributed by atoms with Crippen molar-refractivity contribution in [1.29, 1.82) is 0 Å². The summed E-state index contributed by atoms with van der Waals surface area (Å²) in [6.07, 6.45) is 7.07. The van der Waals surface area contributed by atoms with Gasteiger partial charge in [0.15, 0.2) is 0 Å². The van der Waals surface area contributed by atoms with Gasteiger partial charge in [-0.25, -0.2) is 0 Å². The number of hydrogen-bond donors (Lipinski definition) is 1. The van der Waals surface area contributed by atoms with Gasteiger partial charge in [0.05, 0.1) is 6.61 Å². The number of carbonyl (C=O) groups excluding carboxylic acids is 2. The maximum absolute atomic E-state index is 13.3. The minimum absolute atomic E-state index is 0.0223. The van der Waals surface area contributed by atoms with Gasteiger partial charge in [0.2, 0.25) is 11.8 Å². The lowest BCUT2D eigenvalue weighted by Gasteiger charge is -2.33. The zero-order valence-electron chi connectivity index (χ0n) is 20.4. The van der Waals surface area contributed by atoms with E-state index in [9.17, 15) is 9.59 Å². The van der Waals surface area contributed by atoms with Crippen LogP contribution in [0.5, 0.6) is 5.75 Å². The molecular weight excluding hydrogens is 448 g/mol. The number of ether oxygens (including phenoxy) is 1. The summed E-state index contributed by atoms with van der Waals surface area (Å²) in [6, 6.07) is 15.1. The van der Waals surface area contributed by atoms with Gasteiger partial charge in [-0.2, -0.15) is 0 Å². The Morgan fingerprint density at radius 2 is 1.74 bits per heavy atom. The fraction of sp³-hybridized carbons (Fsp3) is 0.500. The quantitative estimate of drug-likeness (QED) is 0.394. The highest BCUT2D eigenvalue weighted by molar-refractivity contribution is 6.30. The van der Waals surface area contributed by atoms with E-state index in [0.717, 1.165) is 37.0 Å². The van der Waals surface area contributed by atoms with Crippen molar-refractivity contribution in [1.82, 2.24) is 10.2 Å². The van der Waals surface area contributed by atoms with E-state index < -0.39 is 6.04 Å². The van der Waals surface area contributed by atoms with Crippen LogP contribution in [-0.4, -0.2) is 35.4 Å². The molecule has 0 heterocycles. The van der Waals surface area contributed by atoms with E-state index >= 15 is 0 Å². The number of nitrogens with zero attached hydrogens (tertiary/aromatic N) is 1. The molecule has 184 valence electrons. The first-order valence-electron chi connectivity index (χ1n) is 12.5. The summed E-state index contributed by atoms with van der Waals surface area (Å²) in [5.41, 5.74) is 2.20. The van der Waals surface area contributed by atoms with Crippen LogP contribution in [-0.2, 0) is 16.1 Å². The van der Waals surface area contributed by atoms with E-state index in [-0.39, 0.29) is 17.9 Å². The molecule has 0 aliphatic heterocycles. The minimum Gasteiger partial charge on any atom is -0.494 e. The fourth-order valence-electron chi connectivity index (χ4n) is 4.44. The molecule has 3 rings (SSSR count). The number of rotatable bonds is 11. The van der Waals surface area contributed by atoms with Gasteiger partial charge in [0.1, 0.15) is 11.8 Å². The van der Waals surface area contributed by atoms with Gasteiger partial charge in [-0.15, -0.1) is 0 Å². The summed E-state index contributed by atoms with van der Waals surface area (Å²) in [5, 5.41) is 3.88. The monoisotopic (exact) mass is 484 g/mol. The summed E-state index contributed by atoms with van der Waals surface area (Å²) < 4.78 is 5.75. The molecule has 0 bridgehead atoms. The Morgan fingerprint density at radius 1 is 1.06 bits per heavy atom. The molecule has 2 amide bonds. The first-order valence-corrected chi connectivity index (χ1v) is 12.9. The Balaban J connectivity index is 1.63. The van der Waals surface area contributed by atoms with E-state index in [1.54, 1.807) is 17.0 Å². The first-order chi connectivity index (χ1) is 16.5. The molecule has 1 N–H and O–H groups in total. The minimum atomic E-state index is -0.479. The molecular formula is C28H37ClN2O3. The lowest BCUT2D eigenvalue weighted by Crippen LogP contribution is -2.51. The Kier molecular flexibility index (Phi) is 10.3. The number of aryl methyl sites for hydroxylation is 1. The van der Waals surface area contributed by atoms with Crippen LogP contribution in [0.1, 0.15) is 69.4 Å². The molecule has 0 spiro atoms. The smallest absolute Gasteiger partial charge is 0.243 e. The Hall–Kier alpha value is -2.53. The van der Waals surface area contributed by atoms with Crippen molar-refractivity contribution in [3.05, 3.63) is 64.7 Å². The Bertz CT molecular complexity index is 908. The summed E-state index contributed by atoms with van der Waals surface area (Å²) in [5.74, 6) is 0.671. The zero-order chi connectivity index (χ0) is 24.3. The molecule has 34 heavy (non-hydrogen) atoms. The number of amides is 2. The standard InChI is InChI=1S/C28H37ClN2O3/c1-3-26(28(33)30-24-8-5-4-6-9-24)31(20-22-13-11-21(2)12-14-22)27(32)10-7-19-34-25-17-15-23(29)16-18-25/h11-18,24,26H,3-10,19-20H2,1-2H3,(H,30,33). The van der Waals surface area contributed by atoms with Crippen LogP contribution in [0, 0.1) is 6.92 Å². The topological polar surface area (TPSA) is 58.6 Å². The molecule has 1 unspecified atom stereocenters. The van der Waals surface area contributed by atoms with Gasteiger partial charge < -0.3 is 15.0 Å². The molecule has 5 nitrogen and oxygen atoms in total. The average Bonchev–Trinajstić information content (AvgIpc) is 2.84. The first kappa shape index (κ1) is 26.1. The molecule has 1 atom stereocenters. The molecule has 1 saturated carbocycles. The Labute approximate surface area is 208 Å². The zero-order valence-corrected chi connectivity index (χ0v) is 21.2. The molecule has 0 saturated heterocycles.